The molecule has 2 aliphatic heterocycles. The van der Waals surface area contributed by atoms with Gasteiger partial charge in [0.05, 0.1) is 10.6 Å². The van der Waals surface area contributed by atoms with Gasteiger partial charge in [-0.05, 0) is 86.8 Å². The lowest BCUT2D eigenvalue weighted by atomic mass is 10.0. The number of benzene rings is 2. The number of hydrogen-bond donors (Lipinski definition) is 1. The first-order valence-electron chi connectivity index (χ1n) is 13.1. The fourth-order valence-corrected chi connectivity index (χ4v) is 6.32. The highest BCUT2D eigenvalue weighted by Gasteiger charge is 2.28. The van der Waals surface area contributed by atoms with E-state index in [9.17, 15) is 4.79 Å². The van der Waals surface area contributed by atoms with E-state index in [0.29, 0.717) is 12.0 Å². The molecule has 6 rings (SSSR count). The molecule has 2 fully saturated rings. The average molecular weight is 510 g/mol. The van der Waals surface area contributed by atoms with Crippen LogP contribution in [0.5, 0.6) is 0 Å². The van der Waals surface area contributed by atoms with Crippen molar-refractivity contribution in [3.63, 3.8) is 0 Å². The van der Waals surface area contributed by atoms with Crippen molar-refractivity contribution >= 4 is 28.9 Å². The van der Waals surface area contributed by atoms with E-state index in [1.165, 1.54) is 36.4 Å². The summed E-state index contributed by atoms with van der Waals surface area (Å²) < 4.78 is 0. The van der Waals surface area contributed by atoms with Gasteiger partial charge >= 0.3 is 0 Å². The second-order valence-electron chi connectivity index (χ2n) is 9.76. The Balaban J connectivity index is 1.08. The molecular formula is C30H31N5OS. The lowest BCUT2D eigenvalue weighted by molar-refractivity contribution is 0.0644. The summed E-state index contributed by atoms with van der Waals surface area (Å²) in [6.45, 7) is 4.13. The number of carbonyl (C=O) groups excluding carboxylic acids is 1. The minimum Gasteiger partial charge on any atom is -0.339 e. The Kier molecular flexibility index (Phi) is 6.97. The largest absolute Gasteiger partial charge is 0.339 e. The standard InChI is InChI=1S/C30H31N5OS/c36-29(35-20-15-25(16-21-35)34-18-4-5-19-34)23-8-10-24(11-9-23)32-30-31-17-14-26(33-30)28-13-12-27(37-28)22-6-2-1-3-7-22/h1-3,6-14,17,25H,4-5,15-16,18-21H2,(H,31,32,33). The van der Waals surface area contributed by atoms with Crippen LogP contribution in [0.4, 0.5) is 11.6 Å². The summed E-state index contributed by atoms with van der Waals surface area (Å²) in [5.74, 6) is 0.659. The molecule has 2 saturated heterocycles. The van der Waals surface area contributed by atoms with Crippen molar-refractivity contribution in [2.75, 3.05) is 31.5 Å². The highest BCUT2D eigenvalue weighted by molar-refractivity contribution is 7.18. The van der Waals surface area contributed by atoms with Gasteiger partial charge in [0.15, 0.2) is 0 Å². The molecule has 0 aliphatic carbocycles. The maximum absolute atomic E-state index is 13.1. The van der Waals surface area contributed by atoms with Crippen LogP contribution in [0.25, 0.3) is 21.0 Å². The Morgan fingerprint density at radius 2 is 1.57 bits per heavy atom. The third-order valence-electron chi connectivity index (χ3n) is 7.37. The van der Waals surface area contributed by atoms with Gasteiger partial charge in [-0.2, -0.15) is 0 Å². The fraction of sp³-hybridized carbons (Fsp3) is 0.300. The van der Waals surface area contributed by atoms with Crippen LogP contribution in [0.3, 0.4) is 0 Å². The zero-order chi connectivity index (χ0) is 25.0. The summed E-state index contributed by atoms with van der Waals surface area (Å²) in [6, 6.07) is 24.8. The van der Waals surface area contributed by atoms with Crippen molar-refractivity contribution in [1.82, 2.24) is 19.8 Å². The van der Waals surface area contributed by atoms with Crippen LogP contribution in [0.2, 0.25) is 0 Å². The number of nitrogens with one attached hydrogen (secondary N) is 1. The van der Waals surface area contributed by atoms with Crippen molar-refractivity contribution in [2.24, 2.45) is 0 Å². The summed E-state index contributed by atoms with van der Waals surface area (Å²) in [6.07, 6.45) is 6.57. The third kappa shape index (κ3) is 5.43. The molecule has 0 saturated carbocycles. The van der Waals surface area contributed by atoms with E-state index in [1.54, 1.807) is 17.5 Å². The molecule has 0 spiro atoms. The van der Waals surface area contributed by atoms with E-state index in [0.717, 1.165) is 47.8 Å². The van der Waals surface area contributed by atoms with E-state index in [4.69, 9.17) is 4.98 Å². The number of carbonyl (C=O) groups is 1. The van der Waals surface area contributed by atoms with E-state index >= 15 is 0 Å². The van der Waals surface area contributed by atoms with Crippen LogP contribution in [0, 0.1) is 0 Å². The third-order valence-corrected chi connectivity index (χ3v) is 8.53. The molecular weight excluding hydrogens is 478 g/mol. The van der Waals surface area contributed by atoms with Gasteiger partial charge in [0.25, 0.3) is 5.91 Å². The highest BCUT2D eigenvalue weighted by atomic mass is 32.1. The predicted molar refractivity (Wildman–Crippen MR) is 150 cm³/mol. The lowest BCUT2D eigenvalue weighted by Crippen LogP contribution is -2.45. The molecule has 7 heteroatoms. The number of rotatable bonds is 6. The van der Waals surface area contributed by atoms with Gasteiger partial charge in [-0.1, -0.05) is 30.3 Å². The minimum atomic E-state index is 0.122. The van der Waals surface area contributed by atoms with Crippen molar-refractivity contribution in [2.45, 2.75) is 31.7 Å². The summed E-state index contributed by atoms with van der Waals surface area (Å²) >= 11 is 1.72. The van der Waals surface area contributed by atoms with Crippen LogP contribution in [-0.2, 0) is 0 Å². The molecule has 4 aromatic rings. The molecule has 0 radical (unpaired) electrons. The molecule has 4 heterocycles. The monoisotopic (exact) mass is 509 g/mol. The first kappa shape index (κ1) is 23.8. The van der Waals surface area contributed by atoms with Crippen LogP contribution >= 0.6 is 11.3 Å². The molecule has 188 valence electrons. The van der Waals surface area contributed by atoms with Crippen LogP contribution in [-0.4, -0.2) is 57.9 Å². The van der Waals surface area contributed by atoms with E-state index in [2.05, 4.69) is 51.6 Å². The molecule has 1 amide bonds. The average Bonchev–Trinajstić information content (AvgIpc) is 3.67. The van der Waals surface area contributed by atoms with Crippen molar-refractivity contribution < 1.29 is 4.79 Å². The van der Waals surface area contributed by atoms with Crippen molar-refractivity contribution in [3.05, 3.63) is 84.6 Å². The number of likely N-dealkylation sites (tertiary alicyclic amines) is 2. The van der Waals surface area contributed by atoms with Crippen LogP contribution in [0.15, 0.2) is 79.0 Å². The number of hydrogen-bond acceptors (Lipinski definition) is 6. The number of piperidine rings is 1. The number of anilines is 2. The van der Waals surface area contributed by atoms with Gasteiger partial charge in [0.2, 0.25) is 5.95 Å². The van der Waals surface area contributed by atoms with Gasteiger partial charge in [0, 0.05) is 41.5 Å². The molecule has 0 bridgehead atoms. The Labute approximate surface area is 222 Å². The molecule has 2 aromatic carbocycles. The topological polar surface area (TPSA) is 61.4 Å². The van der Waals surface area contributed by atoms with E-state index in [1.807, 2.05) is 41.3 Å². The van der Waals surface area contributed by atoms with Crippen LogP contribution < -0.4 is 5.32 Å². The van der Waals surface area contributed by atoms with Gasteiger partial charge < -0.3 is 15.1 Å². The van der Waals surface area contributed by atoms with Gasteiger partial charge in [-0.25, -0.2) is 9.97 Å². The maximum Gasteiger partial charge on any atom is 0.253 e. The zero-order valence-corrected chi connectivity index (χ0v) is 21.7. The zero-order valence-electron chi connectivity index (χ0n) is 20.8. The summed E-state index contributed by atoms with van der Waals surface area (Å²) in [5, 5.41) is 3.29. The number of nitrogens with zero attached hydrogens (tertiary/aromatic N) is 4. The number of amides is 1. The fourth-order valence-electron chi connectivity index (χ4n) is 5.34. The summed E-state index contributed by atoms with van der Waals surface area (Å²) in [5.41, 5.74) is 3.68. The molecule has 0 unspecified atom stereocenters. The molecule has 2 aromatic heterocycles. The predicted octanol–water partition coefficient (Wildman–Crippen LogP) is 6.32. The number of thiophene rings is 1. The maximum atomic E-state index is 13.1. The first-order valence-corrected chi connectivity index (χ1v) is 13.9. The second kappa shape index (κ2) is 10.8. The Morgan fingerprint density at radius 3 is 2.32 bits per heavy atom. The van der Waals surface area contributed by atoms with E-state index in [-0.39, 0.29) is 5.91 Å². The number of aromatic nitrogens is 2. The summed E-state index contributed by atoms with van der Waals surface area (Å²) in [7, 11) is 0. The smallest absolute Gasteiger partial charge is 0.253 e. The van der Waals surface area contributed by atoms with Gasteiger partial charge in [0.1, 0.15) is 0 Å². The quantitative estimate of drug-likeness (QED) is 0.330. The summed E-state index contributed by atoms with van der Waals surface area (Å²) in [4.78, 5) is 29.1. The highest BCUT2D eigenvalue weighted by Crippen LogP contribution is 2.33. The van der Waals surface area contributed by atoms with Crippen LogP contribution in [0.1, 0.15) is 36.0 Å². The molecule has 1 N–H and O–H groups in total. The van der Waals surface area contributed by atoms with E-state index < -0.39 is 0 Å². The van der Waals surface area contributed by atoms with Crippen molar-refractivity contribution in [1.29, 1.82) is 0 Å². The SMILES string of the molecule is O=C(c1ccc(Nc2nccc(-c3ccc(-c4ccccc4)s3)n2)cc1)N1CCC(N2CCCC2)CC1. The first-order chi connectivity index (χ1) is 18.2. The molecule has 0 atom stereocenters. The Morgan fingerprint density at radius 1 is 0.838 bits per heavy atom. The van der Waals surface area contributed by atoms with Gasteiger partial charge in [-0.3, -0.25) is 4.79 Å². The second-order valence-corrected chi connectivity index (χ2v) is 10.8. The lowest BCUT2D eigenvalue weighted by Gasteiger charge is -2.36. The Bertz CT molecular complexity index is 1340. The molecule has 2 aliphatic rings. The Hall–Kier alpha value is -3.55. The molecule has 6 nitrogen and oxygen atoms in total. The minimum absolute atomic E-state index is 0.122. The molecule has 37 heavy (non-hydrogen) atoms. The van der Waals surface area contributed by atoms with Crippen molar-refractivity contribution in [3.8, 4) is 21.0 Å². The van der Waals surface area contributed by atoms with Gasteiger partial charge in [-0.15, -0.1) is 11.3 Å². The normalized spacial score (nSPS) is 16.7.